The minimum atomic E-state index is -0.155. The third-order valence-corrected chi connectivity index (χ3v) is 8.81. The number of nitrogens with zero attached hydrogens (tertiary/aromatic N) is 1. The highest BCUT2D eigenvalue weighted by molar-refractivity contribution is 5.53. The van der Waals surface area contributed by atoms with Gasteiger partial charge in [-0.2, -0.15) is 0 Å². The fourth-order valence-corrected chi connectivity index (χ4v) is 6.32. The summed E-state index contributed by atoms with van der Waals surface area (Å²) in [4.78, 5) is 2.66. The molecule has 1 aromatic rings. The van der Waals surface area contributed by atoms with E-state index in [9.17, 15) is 0 Å². The molecule has 3 heteroatoms. The lowest BCUT2D eigenvalue weighted by atomic mass is 9.71. The number of rotatable bonds is 4. The third kappa shape index (κ3) is 4.97. The van der Waals surface area contributed by atoms with E-state index in [-0.39, 0.29) is 30.0 Å². The lowest BCUT2D eigenvalue weighted by Crippen LogP contribution is -2.59. The van der Waals surface area contributed by atoms with Crippen molar-refractivity contribution in [3.05, 3.63) is 69.3 Å². The van der Waals surface area contributed by atoms with Gasteiger partial charge in [0.1, 0.15) is 6.23 Å². The molecule has 1 fully saturated rings. The molecule has 0 saturated carbocycles. The summed E-state index contributed by atoms with van der Waals surface area (Å²) in [5.74, 6) is 0.957. The molecule has 1 saturated heterocycles. The van der Waals surface area contributed by atoms with Crippen molar-refractivity contribution in [3.63, 3.8) is 0 Å². The lowest BCUT2D eigenvalue weighted by molar-refractivity contribution is -0.150. The first-order valence-corrected chi connectivity index (χ1v) is 13.7. The lowest BCUT2D eigenvalue weighted by Gasteiger charge is -2.54. The molecule has 5 unspecified atom stereocenters. The molecule has 3 aliphatic rings. The number of ether oxygens (including phenoxy) is 2. The summed E-state index contributed by atoms with van der Waals surface area (Å²) in [6.45, 7) is 23.3. The highest BCUT2D eigenvalue weighted by atomic mass is 16.6. The second-order valence-electron chi connectivity index (χ2n) is 12.1. The monoisotopic (exact) mass is 477 g/mol. The first kappa shape index (κ1) is 26.4. The van der Waals surface area contributed by atoms with Crippen LogP contribution in [0.2, 0.25) is 0 Å². The Morgan fingerprint density at radius 2 is 1.77 bits per heavy atom. The Morgan fingerprint density at radius 3 is 2.46 bits per heavy atom. The van der Waals surface area contributed by atoms with E-state index in [1.165, 1.54) is 39.0 Å². The van der Waals surface area contributed by atoms with Crippen LogP contribution < -0.4 is 0 Å². The summed E-state index contributed by atoms with van der Waals surface area (Å²) in [5.41, 5.74) is 9.63. The molecular formula is C32H47NO2. The van der Waals surface area contributed by atoms with E-state index in [0.717, 1.165) is 12.8 Å². The van der Waals surface area contributed by atoms with Crippen molar-refractivity contribution in [2.24, 2.45) is 11.8 Å². The zero-order valence-corrected chi connectivity index (χ0v) is 23.7. The van der Waals surface area contributed by atoms with Gasteiger partial charge in [0.2, 0.25) is 0 Å². The molecule has 192 valence electrons. The Bertz CT molecular complexity index is 1050. The van der Waals surface area contributed by atoms with Crippen molar-refractivity contribution < 1.29 is 9.47 Å². The fraction of sp³-hybridized carbons (Fsp3) is 0.625. The normalized spacial score (nSPS) is 34.1. The molecule has 0 spiro atoms. The molecule has 1 aromatic carbocycles. The summed E-state index contributed by atoms with van der Waals surface area (Å²) < 4.78 is 13.3. The molecule has 0 amide bonds. The maximum absolute atomic E-state index is 6.87. The first-order chi connectivity index (χ1) is 16.4. The third-order valence-electron chi connectivity index (χ3n) is 8.81. The van der Waals surface area contributed by atoms with E-state index >= 15 is 0 Å². The highest BCUT2D eigenvalue weighted by Gasteiger charge is 2.49. The molecule has 0 N–H and O–H groups in total. The molecule has 0 bridgehead atoms. The number of aryl methyl sites for hydroxylation is 2. The zero-order chi connectivity index (χ0) is 25.7. The summed E-state index contributed by atoms with van der Waals surface area (Å²) in [7, 11) is 0. The Hall–Kier alpha value is -1.68. The van der Waals surface area contributed by atoms with Gasteiger partial charge >= 0.3 is 0 Å². The van der Waals surface area contributed by atoms with Gasteiger partial charge in [0.05, 0.1) is 30.4 Å². The van der Waals surface area contributed by atoms with Crippen LogP contribution in [-0.2, 0) is 9.47 Å². The minimum Gasteiger partial charge on any atom is -0.374 e. The van der Waals surface area contributed by atoms with Crippen molar-refractivity contribution in [3.8, 4) is 0 Å². The van der Waals surface area contributed by atoms with Gasteiger partial charge in [-0.05, 0) is 95.1 Å². The number of hydrogen-bond acceptors (Lipinski definition) is 3. The molecule has 3 nitrogen and oxygen atoms in total. The van der Waals surface area contributed by atoms with Gasteiger partial charge in [0.15, 0.2) is 0 Å². The minimum absolute atomic E-state index is 0.111. The largest absolute Gasteiger partial charge is 0.374 e. The Balaban J connectivity index is 1.93. The van der Waals surface area contributed by atoms with Crippen molar-refractivity contribution in [1.82, 2.24) is 4.90 Å². The average molecular weight is 478 g/mol. The van der Waals surface area contributed by atoms with Crippen LogP contribution in [0.4, 0.5) is 0 Å². The highest BCUT2D eigenvalue weighted by Crippen LogP contribution is 2.50. The number of benzene rings is 1. The van der Waals surface area contributed by atoms with E-state index in [1.807, 2.05) is 0 Å². The summed E-state index contributed by atoms with van der Waals surface area (Å²) >= 11 is 0. The van der Waals surface area contributed by atoms with Crippen LogP contribution in [0.15, 0.2) is 47.1 Å². The molecule has 35 heavy (non-hydrogen) atoms. The van der Waals surface area contributed by atoms with Gasteiger partial charge in [-0.1, -0.05) is 62.3 Å². The first-order valence-electron chi connectivity index (χ1n) is 13.7. The topological polar surface area (TPSA) is 21.7 Å². The standard InChI is InChI=1S/C32H47NO2/c1-19(2)13-27-17-30(28-15-21(4)14-22(5)23(28)6)33(32(10)12-11-20(3)16-29(27)32)31-18-34-25(8)24(7)26(9)35-31/h11,14-17,19,24-26,30-31H,12-13,18H2,1-10H3/t24?,25?,26?,30?,31-,32?/m1/s1. The van der Waals surface area contributed by atoms with Crippen LogP contribution in [0.5, 0.6) is 0 Å². The van der Waals surface area contributed by atoms with Gasteiger partial charge in [-0.25, -0.2) is 0 Å². The molecule has 6 atom stereocenters. The molecule has 2 aliphatic heterocycles. The number of fused-ring (bicyclic) bond motifs is 1. The maximum atomic E-state index is 6.87. The van der Waals surface area contributed by atoms with Gasteiger partial charge < -0.3 is 9.47 Å². The quantitative estimate of drug-likeness (QED) is 0.442. The summed E-state index contributed by atoms with van der Waals surface area (Å²) in [5, 5.41) is 0. The van der Waals surface area contributed by atoms with E-state index in [2.05, 4.69) is 104 Å². The maximum Gasteiger partial charge on any atom is 0.136 e. The van der Waals surface area contributed by atoms with Crippen LogP contribution in [0.1, 0.15) is 89.6 Å². The van der Waals surface area contributed by atoms with Crippen LogP contribution in [0.3, 0.4) is 0 Å². The van der Waals surface area contributed by atoms with Gasteiger partial charge in [0, 0.05) is 5.92 Å². The van der Waals surface area contributed by atoms with Crippen LogP contribution >= 0.6 is 0 Å². The zero-order valence-electron chi connectivity index (χ0n) is 23.7. The molecule has 0 aromatic heterocycles. The van der Waals surface area contributed by atoms with Gasteiger partial charge in [0.25, 0.3) is 0 Å². The smallest absolute Gasteiger partial charge is 0.136 e. The Kier molecular flexibility index (Phi) is 7.53. The van der Waals surface area contributed by atoms with Crippen LogP contribution in [-0.4, -0.2) is 35.5 Å². The fourth-order valence-electron chi connectivity index (χ4n) is 6.32. The summed E-state index contributed by atoms with van der Waals surface area (Å²) in [6.07, 6.45) is 9.68. The van der Waals surface area contributed by atoms with Crippen molar-refractivity contribution in [1.29, 1.82) is 0 Å². The predicted octanol–water partition coefficient (Wildman–Crippen LogP) is 7.76. The number of allylic oxidation sites excluding steroid dienone is 2. The molecule has 2 heterocycles. The molecule has 4 rings (SSSR count). The number of hydrogen-bond donors (Lipinski definition) is 0. The van der Waals surface area contributed by atoms with E-state index in [1.54, 1.807) is 0 Å². The Morgan fingerprint density at radius 1 is 1.06 bits per heavy atom. The summed E-state index contributed by atoms with van der Waals surface area (Å²) in [6, 6.07) is 4.85. The Labute approximate surface area is 214 Å². The van der Waals surface area contributed by atoms with Crippen molar-refractivity contribution >= 4 is 0 Å². The second kappa shape index (κ2) is 10.00. The molecule has 1 aliphatic carbocycles. The van der Waals surface area contributed by atoms with E-state index in [0.29, 0.717) is 18.4 Å². The van der Waals surface area contributed by atoms with Gasteiger partial charge in [-0.15, -0.1) is 0 Å². The second-order valence-corrected chi connectivity index (χ2v) is 12.1. The SMILES string of the molecule is CC1=CCC2(C)C(=C1)C(CC(C)C)=CC(c1cc(C)cc(C)c1C)N2[C@H]1COC(C)C(C)C(C)O1. The van der Waals surface area contributed by atoms with E-state index < -0.39 is 0 Å². The average Bonchev–Trinajstić information content (AvgIpc) is 2.90. The molecular weight excluding hydrogens is 430 g/mol. The van der Waals surface area contributed by atoms with Gasteiger partial charge in [-0.3, -0.25) is 4.90 Å². The van der Waals surface area contributed by atoms with Crippen molar-refractivity contribution in [2.75, 3.05) is 6.61 Å². The predicted molar refractivity (Wildman–Crippen MR) is 147 cm³/mol. The van der Waals surface area contributed by atoms with Crippen molar-refractivity contribution in [2.45, 2.75) is 112 Å². The van der Waals surface area contributed by atoms with Crippen LogP contribution in [0, 0.1) is 32.6 Å². The van der Waals surface area contributed by atoms with Crippen LogP contribution in [0.25, 0.3) is 0 Å². The molecule has 0 radical (unpaired) electrons. The van der Waals surface area contributed by atoms with E-state index in [4.69, 9.17) is 9.47 Å².